The summed E-state index contributed by atoms with van der Waals surface area (Å²) in [4.78, 5) is 22.5. The molecule has 0 aromatic heterocycles. The topological polar surface area (TPSA) is 124 Å². The number of hydrogen-bond acceptors (Lipinski definition) is 8. The first-order valence-electron chi connectivity index (χ1n) is 6.97. The molecule has 24 heavy (non-hydrogen) atoms. The molecule has 1 rings (SSSR count). The van der Waals surface area contributed by atoms with Crippen LogP contribution in [0.5, 0.6) is 0 Å². The first-order chi connectivity index (χ1) is 11.2. The van der Waals surface area contributed by atoms with Gasteiger partial charge in [0.05, 0.1) is 11.4 Å². The Labute approximate surface area is 139 Å². The molecule has 0 fully saturated rings. The molecule has 0 aliphatic rings. The maximum atomic E-state index is 11.3. The van der Waals surface area contributed by atoms with Gasteiger partial charge in [-0.3, -0.25) is 9.59 Å². The summed E-state index contributed by atoms with van der Waals surface area (Å²) in [5.41, 5.74) is 0.645. The molecule has 0 heterocycles. The van der Waals surface area contributed by atoms with E-state index in [9.17, 15) is 19.8 Å². The number of carbonyl (C=O) groups excluding carboxylic acids is 2. The number of allylic oxidation sites excluding steroid dienone is 4. The second kappa shape index (κ2) is 8.47. The van der Waals surface area contributed by atoms with Crippen LogP contribution in [0, 0.1) is 0 Å². The van der Waals surface area contributed by atoms with Crippen molar-refractivity contribution < 1.29 is 19.8 Å². The van der Waals surface area contributed by atoms with E-state index in [2.05, 4.69) is 20.5 Å². The van der Waals surface area contributed by atoms with Crippen molar-refractivity contribution in [1.82, 2.24) is 0 Å². The number of nitrogens with zero attached hydrogens (tertiary/aromatic N) is 4. The number of Topliss-reactive ketones (excluding diaryl/α,β-unsaturated/α-hetero) is 2. The summed E-state index contributed by atoms with van der Waals surface area (Å²) in [6.07, 6.45) is 0. The number of aliphatic hydroxyl groups excluding tert-OH is 2. The number of ketones is 2. The average Bonchev–Trinajstić information content (AvgIpc) is 2.47. The summed E-state index contributed by atoms with van der Waals surface area (Å²) in [6.45, 7) is 5.26. The Morgan fingerprint density at radius 1 is 0.708 bits per heavy atom. The molecule has 0 spiro atoms. The highest BCUT2D eigenvalue weighted by atomic mass is 16.3. The molecule has 0 unspecified atom stereocenters. The molecule has 0 bridgehead atoms. The molecule has 0 radical (unpaired) electrons. The molecule has 2 N–H and O–H groups in total. The van der Waals surface area contributed by atoms with Gasteiger partial charge >= 0.3 is 0 Å². The van der Waals surface area contributed by atoms with Crippen LogP contribution in [0.1, 0.15) is 27.7 Å². The molecular formula is C16H18N4O4. The monoisotopic (exact) mass is 330 g/mol. The van der Waals surface area contributed by atoms with Crippen molar-refractivity contribution in [3.05, 3.63) is 47.2 Å². The second-order valence-corrected chi connectivity index (χ2v) is 4.90. The van der Waals surface area contributed by atoms with E-state index in [1.807, 2.05) is 0 Å². The third kappa shape index (κ3) is 5.56. The standard InChI is InChI=1S/C16H18N4O4/c1-9(21)15(10(2)22)19-17-13-5-7-14(8-6-13)18-20-16(11(3)23)12(4)24/h5-8,21,23H,1-4H3/b15-9-,16-11+,19-17?,20-18?. The van der Waals surface area contributed by atoms with Crippen molar-refractivity contribution in [3.8, 4) is 0 Å². The maximum Gasteiger partial charge on any atom is 0.183 e. The Morgan fingerprint density at radius 3 is 1.21 bits per heavy atom. The zero-order valence-corrected chi connectivity index (χ0v) is 13.8. The number of azo groups is 2. The fourth-order valence-electron chi connectivity index (χ4n) is 1.60. The van der Waals surface area contributed by atoms with E-state index in [1.165, 1.54) is 27.7 Å². The van der Waals surface area contributed by atoms with Gasteiger partial charge in [-0.1, -0.05) is 0 Å². The van der Waals surface area contributed by atoms with Gasteiger partial charge in [0.25, 0.3) is 0 Å². The van der Waals surface area contributed by atoms with E-state index in [-0.39, 0.29) is 22.9 Å². The van der Waals surface area contributed by atoms with Crippen molar-refractivity contribution in [2.45, 2.75) is 27.7 Å². The third-order valence-corrected chi connectivity index (χ3v) is 2.73. The van der Waals surface area contributed by atoms with Crippen LogP contribution in [0.4, 0.5) is 11.4 Å². The predicted octanol–water partition coefficient (Wildman–Crippen LogP) is 4.61. The fraction of sp³-hybridized carbons (Fsp3) is 0.250. The van der Waals surface area contributed by atoms with Gasteiger partial charge in [-0.05, 0) is 38.1 Å². The number of benzene rings is 1. The van der Waals surface area contributed by atoms with E-state index in [0.717, 1.165) is 0 Å². The van der Waals surface area contributed by atoms with Gasteiger partial charge in [-0.2, -0.15) is 10.2 Å². The molecule has 126 valence electrons. The molecule has 0 saturated heterocycles. The Balaban J connectivity index is 2.95. The van der Waals surface area contributed by atoms with Gasteiger partial charge in [0.1, 0.15) is 11.5 Å². The van der Waals surface area contributed by atoms with Crippen molar-refractivity contribution in [2.75, 3.05) is 0 Å². The molecule has 0 aliphatic carbocycles. The number of carbonyl (C=O) groups is 2. The predicted molar refractivity (Wildman–Crippen MR) is 87.5 cm³/mol. The van der Waals surface area contributed by atoms with Gasteiger partial charge in [-0.15, -0.1) is 10.2 Å². The van der Waals surface area contributed by atoms with Crippen molar-refractivity contribution in [2.24, 2.45) is 20.5 Å². The molecule has 0 saturated carbocycles. The first kappa shape index (κ1) is 18.9. The molecular weight excluding hydrogens is 312 g/mol. The van der Waals surface area contributed by atoms with Crippen LogP contribution >= 0.6 is 0 Å². The molecule has 1 aromatic carbocycles. The molecule has 1 aromatic rings. The Kier molecular flexibility index (Phi) is 6.66. The lowest BCUT2D eigenvalue weighted by molar-refractivity contribution is -0.114. The lowest BCUT2D eigenvalue weighted by Gasteiger charge is -1.98. The minimum absolute atomic E-state index is 0.117. The maximum absolute atomic E-state index is 11.3. The molecule has 0 aliphatic heterocycles. The Bertz CT molecular complexity index is 686. The number of hydrogen-bond donors (Lipinski definition) is 2. The smallest absolute Gasteiger partial charge is 0.183 e. The minimum atomic E-state index is -0.396. The lowest BCUT2D eigenvalue weighted by Crippen LogP contribution is -1.96. The SMILES string of the molecule is CC(=O)/C(N=Nc1ccc(N=N/C(C(C)=O)=C(\C)O)cc1)=C(\C)O. The van der Waals surface area contributed by atoms with Crippen molar-refractivity contribution >= 4 is 22.9 Å². The zero-order chi connectivity index (χ0) is 18.3. The summed E-state index contributed by atoms with van der Waals surface area (Å²) < 4.78 is 0. The summed E-state index contributed by atoms with van der Waals surface area (Å²) in [5.74, 6) is -1.21. The van der Waals surface area contributed by atoms with Crippen LogP contribution in [0.15, 0.2) is 67.6 Å². The minimum Gasteiger partial charge on any atom is -0.510 e. The van der Waals surface area contributed by atoms with Crippen LogP contribution in [0.3, 0.4) is 0 Å². The van der Waals surface area contributed by atoms with Gasteiger partial charge < -0.3 is 10.2 Å². The second-order valence-electron chi connectivity index (χ2n) is 4.90. The van der Waals surface area contributed by atoms with Crippen LogP contribution in [0.25, 0.3) is 0 Å². The van der Waals surface area contributed by atoms with Gasteiger partial charge in [0.15, 0.2) is 23.0 Å². The highest BCUT2D eigenvalue weighted by Crippen LogP contribution is 2.21. The van der Waals surface area contributed by atoms with Gasteiger partial charge in [0.2, 0.25) is 0 Å². The summed E-state index contributed by atoms with van der Waals surface area (Å²) in [6, 6.07) is 6.30. The fourth-order valence-corrected chi connectivity index (χ4v) is 1.60. The zero-order valence-electron chi connectivity index (χ0n) is 13.8. The van der Waals surface area contributed by atoms with Crippen LogP contribution in [-0.4, -0.2) is 21.8 Å². The van der Waals surface area contributed by atoms with E-state index in [0.29, 0.717) is 11.4 Å². The summed E-state index contributed by atoms with van der Waals surface area (Å²) in [7, 11) is 0. The largest absolute Gasteiger partial charge is 0.510 e. The van der Waals surface area contributed by atoms with Crippen molar-refractivity contribution in [1.29, 1.82) is 0 Å². The molecule has 0 amide bonds. The highest BCUT2D eigenvalue weighted by molar-refractivity contribution is 5.93. The van der Waals surface area contributed by atoms with Gasteiger partial charge in [0, 0.05) is 13.8 Å². The van der Waals surface area contributed by atoms with Gasteiger partial charge in [-0.25, -0.2) is 0 Å². The molecule has 0 atom stereocenters. The van der Waals surface area contributed by atoms with Crippen LogP contribution in [-0.2, 0) is 9.59 Å². The first-order valence-corrected chi connectivity index (χ1v) is 6.97. The van der Waals surface area contributed by atoms with E-state index in [1.54, 1.807) is 24.3 Å². The summed E-state index contributed by atoms with van der Waals surface area (Å²) in [5, 5.41) is 33.8. The highest BCUT2D eigenvalue weighted by Gasteiger charge is 2.07. The third-order valence-electron chi connectivity index (χ3n) is 2.73. The van der Waals surface area contributed by atoms with E-state index >= 15 is 0 Å². The molecule has 8 heteroatoms. The summed E-state index contributed by atoms with van der Waals surface area (Å²) >= 11 is 0. The normalized spacial score (nSPS) is 13.8. The Morgan fingerprint density at radius 2 is 1.00 bits per heavy atom. The average molecular weight is 330 g/mol. The van der Waals surface area contributed by atoms with Crippen LogP contribution in [0.2, 0.25) is 0 Å². The molecule has 8 nitrogen and oxygen atoms in total. The van der Waals surface area contributed by atoms with Crippen molar-refractivity contribution in [3.63, 3.8) is 0 Å². The lowest BCUT2D eigenvalue weighted by atomic mass is 10.3. The van der Waals surface area contributed by atoms with Crippen LogP contribution < -0.4 is 0 Å². The van der Waals surface area contributed by atoms with E-state index in [4.69, 9.17) is 0 Å². The van der Waals surface area contributed by atoms with E-state index < -0.39 is 11.6 Å². The Hall–Kier alpha value is -3.16. The number of rotatable bonds is 6. The number of aliphatic hydroxyl groups is 2. The quantitative estimate of drug-likeness (QED) is 0.449.